The van der Waals surface area contributed by atoms with Crippen LogP contribution in [0.15, 0.2) is 29.3 Å². The molecule has 2 atom stereocenters. The van der Waals surface area contributed by atoms with Gasteiger partial charge in [-0.15, -0.1) is 0 Å². The number of isothiocyanates is 1. The fraction of sp³-hybridized carbons (Fsp3) is 0.526. The summed E-state index contributed by atoms with van der Waals surface area (Å²) in [7, 11) is 0. The molecule has 0 bridgehead atoms. The highest BCUT2D eigenvalue weighted by Gasteiger charge is 2.28. The lowest BCUT2D eigenvalue weighted by Gasteiger charge is -2.36. The standard InChI is InChI=1S/C19H28N4O7S/c1-14(23(12-25)13-26)6-21(11-24)7-17(22(8-18(27)28)9-19(29)30)15-2-4-16(5-3-15)20-10-31/h2-5,14,17,24-26H,6-9,11-13H2,1H3,(H,27,28)(H,29,30)/t14-,17?/m1/s1. The van der Waals surface area contributed by atoms with Crippen LogP contribution in [0.3, 0.4) is 0 Å². The number of aliphatic hydroxyl groups excluding tert-OH is 3. The van der Waals surface area contributed by atoms with Crippen molar-refractivity contribution in [3.8, 4) is 0 Å². The molecule has 0 amide bonds. The third-order valence-corrected chi connectivity index (χ3v) is 4.80. The molecule has 0 saturated carbocycles. The van der Waals surface area contributed by atoms with Gasteiger partial charge in [0.05, 0.1) is 44.1 Å². The molecular formula is C19H28N4O7S. The molecule has 1 unspecified atom stereocenters. The van der Waals surface area contributed by atoms with Gasteiger partial charge >= 0.3 is 11.9 Å². The van der Waals surface area contributed by atoms with Crippen molar-refractivity contribution in [2.24, 2.45) is 4.99 Å². The molecule has 0 spiro atoms. The summed E-state index contributed by atoms with van der Waals surface area (Å²) < 4.78 is 0. The Bertz CT molecular complexity index is 738. The average Bonchev–Trinajstić information content (AvgIpc) is 2.71. The van der Waals surface area contributed by atoms with Gasteiger partial charge in [-0.05, 0) is 36.8 Å². The van der Waals surface area contributed by atoms with Gasteiger partial charge in [-0.2, -0.15) is 4.99 Å². The van der Waals surface area contributed by atoms with Crippen LogP contribution in [0.25, 0.3) is 0 Å². The SMILES string of the molecule is C[C@H](CN(CO)CC(c1ccc(N=C=S)cc1)N(CC(=O)O)CC(=O)O)N(CO)CO. The predicted molar refractivity (Wildman–Crippen MR) is 115 cm³/mol. The van der Waals surface area contributed by atoms with Crippen molar-refractivity contribution >= 4 is 35.0 Å². The first-order valence-corrected chi connectivity index (χ1v) is 9.80. The Kier molecular flexibility index (Phi) is 12.0. The van der Waals surface area contributed by atoms with Gasteiger partial charge in [0.2, 0.25) is 0 Å². The van der Waals surface area contributed by atoms with Crippen LogP contribution < -0.4 is 0 Å². The molecule has 0 aliphatic heterocycles. The molecule has 0 saturated heterocycles. The Morgan fingerprint density at radius 1 is 0.968 bits per heavy atom. The monoisotopic (exact) mass is 456 g/mol. The van der Waals surface area contributed by atoms with Gasteiger partial charge in [0.1, 0.15) is 0 Å². The first-order valence-electron chi connectivity index (χ1n) is 9.40. The fourth-order valence-corrected chi connectivity index (χ4v) is 3.23. The van der Waals surface area contributed by atoms with Crippen LogP contribution in [-0.4, -0.2) is 110 Å². The number of hydrogen-bond donors (Lipinski definition) is 5. The van der Waals surface area contributed by atoms with E-state index in [9.17, 15) is 35.1 Å². The summed E-state index contributed by atoms with van der Waals surface area (Å²) >= 11 is 4.58. The van der Waals surface area contributed by atoms with E-state index in [0.717, 1.165) is 0 Å². The lowest BCUT2D eigenvalue weighted by atomic mass is 10.0. The maximum absolute atomic E-state index is 11.4. The van der Waals surface area contributed by atoms with Gasteiger partial charge in [-0.25, -0.2) is 0 Å². The largest absolute Gasteiger partial charge is 0.480 e. The third kappa shape index (κ3) is 9.17. The number of aliphatic hydroxyl groups is 3. The van der Waals surface area contributed by atoms with E-state index in [0.29, 0.717) is 11.3 Å². The topological polar surface area (TPSA) is 157 Å². The van der Waals surface area contributed by atoms with Crippen molar-refractivity contribution in [1.82, 2.24) is 14.7 Å². The molecule has 0 aromatic heterocycles. The highest BCUT2D eigenvalue weighted by molar-refractivity contribution is 7.78. The van der Waals surface area contributed by atoms with E-state index in [1.165, 1.54) is 9.80 Å². The average molecular weight is 457 g/mol. The van der Waals surface area contributed by atoms with Gasteiger partial charge in [0.25, 0.3) is 0 Å². The number of carbonyl (C=O) groups is 2. The van der Waals surface area contributed by atoms with Gasteiger partial charge in [0.15, 0.2) is 0 Å². The van der Waals surface area contributed by atoms with Crippen LogP contribution in [0.2, 0.25) is 0 Å². The minimum atomic E-state index is -1.19. The van der Waals surface area contributed by atoms with E-state index >= 15 is 0 Å². The highest BCUT2D eigenvalue weighted by atomic mass is 32.1. The lowest BCUT2D eigenvalue weighted by Crippen LogP contribution is -2.47. The molecule has 0 heterocycles. The Morgan fingerprint density at radius 2 is 1.52 bits per heavy atom. The summed E-state index contributed by atoms with van der Waals surface area (Å²) in [4.78, 5) is 30.8. The summed E-state index contributed by atoms with van der Waals surface area (Å²) in [5.41, 5.74) is 1.16. The Hall–Kier alpha value is -2.28. The number of hydrogen-bond acceptors (Lipinski definition) is 10. The van der Waals surface area contributed by atoms with E-state index in [1.807, 2.05) is 0 Å². The van der Waals surface area contributed by atoms with Crippen molar-refractivity contribution in [3.05, 3.63) is 29.8 Å². The summed E-state index contributed by atoms with van der Waals surface area (Å²) in [6.45, 7) is -0.132. The summed E-state index contributed by atoms with van der Waals surface area (Å²) in [6, 6.07) is 5.63. The zero-order valence-electron chi connectivity index (χ0n) is 17.2. The maximum Gasteiger partial charge on any atom is 0.317 e. The Morgan fingerprint density at radius 3 is 1.94 bits per heavy atom. The first-order chi connectivity index (χ1) is 14.7. The van der Waals surface area contributed by atoms with E-state index < -0.39 is 37.8 Å². The number of thiocarbonyl (C=S) groups is 1. The van der Waals surface area contributed by atoms with Gasteiger partial charge in [-0.1, -0.05) is 12.1 Å². The van der Waals surface area contributed by atoms with Crippen molar-refractivity contribution in [3.63, 3.8) is 0 Å². The number of aliphatic carboxylic acids is 2. The minimum Gasteiger partial charge on any atom is -0.480 e. The summed E-state index contributed by atoms with van der Waals surface area (Å²) in [6.07, 6.45) is 0. The number of benzene rings is 1. The van der Waals surface area contributed by atoms with Crippen LogP contribution >= 0.6 is 12.2 Å². The van der Waals surface area contributed by atoms with Gasteiger partial charge < -0.3 is 25.5 Å². The lowest BCUT2D eigenvalue weighted by molar-refractivity contribution is -0.143. The smallest absolute Gasteiger partial charge is 0.317 e. The highest BCUT2D eigenvalue weighted by Crippen LogP contribution is 2.25. The molecule has 11 nitrogen and oxygen atoms in total. The fourth-order valence-electron chi connectivity index (χ4n) is 3.13. The second-order valence-corrected chi connectivity index (χ2v) is 7.08. The molecule has 172 valence electrons. The van der Waals surface area contributed by atoms with Crippen molar-refractivity contribution in [2.45, 2.75) is 19.0 Å². The molecule has 12 heteroatoms. The van der Waals surface area contributed by atoms with Crippen LogP contribution in [0, 0.1) is 0 Å². The molecule has 0 aliphatic carbocycles. The Labute approximate surface area is 185 Å². The van der Waals surface area contributed by atoms with E-state index in [2.05, 4.69) is 22.4 Å². The molecule has 0 fully saturated rings. The summed E-state index contributed by atoms with van der Waals surface area (Å²) in [5, 5.41) is 49.3. The third-order valence-electron chi connectivity index (χ3n) is 4.71. The number of aliphatic imine (C=N–C) groups is 1. The van der Waals surface area contributed by atoms with Crippen LogP contribution in [0.5, 0.6) is 0 Å². The number of carboxylic acids is 2. The van der Waals surface area contributed by atoms with Gasteiger partial charge in [-0.3, -0.25) is 24.3 Å². The van der Waals surface area contributed by atoms with Crippen LogP contribution in [0.4, 0.5) is 5.69 Å². The molecule has 0 aliphatic rings. The number of carboxylic acid groups (broad SMARTS) is 2. The van der Waals surface area contributed by atoms with Crippen molar-refractivity contribution < 1.29 is 35.1 Å². The molecule has 0 radical (unpaired) electrons. The second kappa shape index (κ2) is 13.9. The number of nitrogens with zero attached hydrogens (tertiary/aromatic N) is 4. The van der Waals surface area contributed by atoms with Crippen LogP contribution in [0.1, 0.15) is 18.5 Å². The molecule has 1 rings (SSSR count). The normalized spacial score (nSPS) is 13.3. The first kappa shape index (κ1) is 26.8. The van der Waals surface area contributed by atoms with E-state index in [4.69, 9.17) is 0 Å². The van der Waals surface area contributed by atoms with E-state index in [-0.39, 0.29) is 32.6 Å². The molecule has 5 N–H and O–H groups in total. The van der Waals surface area contributed by atoms with E-state index in [1.54, 1.807) is 36.1 Å². The molecular weight excluding hydrogens is 428 g/mol. The number of rotatable bonds is 15. The second-order valence-electron chi connectivity index (χ2n) is 6.90. The van der Waals surface area contributed by atoms with Crippen molar-refractivity contribution in [2.75, 3.05) is 46.4 Å². The predicted octanol–water partition coefficient (Wildman–Crippen LogP) is -0.225. The Balaban J connectivity index is 3.23. The van der Waals surface area contributed by atoms with Crippen LogP contribution in [-0.2, 0) is 9.59 Å². The molecule has 1 aromatic carbocycles. The van der Waals surface area contributed by atoms with Crippen molar-refractivity contribution in [1.29, 1.82) is 0 Å². The zero-order chi connectivity index (χ0) is 23.4. The minimum absolute atomic E-state index is 0.0991. The maximum atomic E-state index is 11.4. The summed E-state index contributed by atoms with van der Waals surface area (Å²) in [5.74, 6) is -2.38. The molecule has 1 aromatic rings. The van der Waals surface area contributed by atoms with Gasteiger partial charge in [0, 0.05) is 25.2 Å². The zero-order valence-corrected chi connectivity index (χ0v) is 18.0. The molecule has 31 heavy (non-hydrogen) atoms. The quantitative estimate of drug-likeness (QED) is 0.135.